The molecule has 0 radical (unpaired) electrons. The molecule has 2 rings (SSSR count). The summed E-state index contributed by atoms with van der Waals surface area (Å²) in [7, 11) is 0. The van der Waals surface area contributed by atoms with Crippen molar-refractivity contribution in [2.45, 2.75) is 6.92 Å². The topological polar surface area (TPSA) is 53.9 Å². The zero-order valence-corrected chi connectivity index (χ0v) is 11.1. The number of piperazine rings is 1. The van der Waals surface area contributed by atoms with Crippen molar-refractivity contribution in [3.8, 4) is 0 Å². The minimum Gasteiger partial charge on any atom is -0.370 e. The summed E-state index contributed by atoms with van der Waals surface area (Å²) < 4.78 is 0. The minimum atomic E-state index is -0.278. The zero-order chi connectivity index (χ0) is 13.8. The van der Waals surface area contributed by atoms with E-state index >= 15 is 0 Å². The summed E-state index contributed by atoms with van der Waals surface area (Å²) >= 11 is 0. The molecular formula is C14H18N4O. The second kappa shape index (κ2) is 5.72. The molecule has 0 spiro atoms. The highest BCUT2D eigenvalue weighted by Crippen LogP contribution is 2.26. The van der Waals surface area contributed by atoms with Crippen molar-refractivity contribution in [2.24, 2.45) is 5.73 Å². The summed E-state index contributed by atoms with van der Waals surface area (Å²) in [6.45, 7) is 12.8. The van der Waals surface area contributed by atoms with Crippen LogP contribution in [0.4, 0.5) is 11.4 Å². The van der Waals surface area contributed by atoms with E-state index in [4.69, 9.17) is 12.3 Å². The first-order chi connectivity index (χ1) is 9.10. The number of primary amides is 1. The Labute approximate surface area is 113 Å². The maximum absolute atomic E-state index is 10.9. The van der Waals surface area contributed by atoms with Gasteiger partial charge in [-0.3, -0.25) is 9.69 Å². The van der Waals surface area contributed by atoms with Gasteiger partial charge in [0.15, 0.2) is 5.69 Å². The van der Waals surface area contributed by atoms with Crippen molar-refractivity contribution in [1.82, 2.24) is 4.90 Å². The lowest BCUT2D eigenvalue weighted by atomic mass is 10.1. The van der Waals surface area contributed by atoms with E-state index in [0.717, 1.165) is 31.9 Å². The molecule has 0 atom stereocenters. The summed E-state index contributed by atoms with van der Waals surface area (Å²) in [4.78, 5) is 18.7. The van der Waals surface area contributed by atoms with Gasteiger partial charge in [0.1, 0.15) is 0 Å². The number of amides is 1. The van der Waals surface area contributed by atoms with Gasteiger partial charge in [0, 0.05) is 31.9 Å². The fourth-order valence-electron chi connectivity index (χ4n) is 2.38. The highest BCUT2D eigenvalue weighted by Gasteiger charge is 2.19. The molecule has 0 unspecified atom stereocenters. The molecule has 2 N–H and O–H groups in total. The predicted molar refractivity (Wildman–Crippen MR) is 75.3 cm³/mol. The largest absolute Gasteiger partial charge is 0.370 e. The van der Waals surface area contributed by atoms with E-state index in [0.29, 0.717) is 12.2 Å². The van der Waals surface area contributed by atoms with Gasteiger partial charge in [-0.05, 0) is 18.6 Å². The summed E-state index contributed by atoms with van der Waals surface area (Å²) in [6.07, 6.45) is 0. The Morgan fingerprint density at radius 3 is 2.63 bits per heavy atom. The van der Waals surface area contributed by atoms with Gasteiger partial charge in [-0.25, -0.2) is 4.85 Å². The van der Waals surface area contributed by atoms with E-state index in [2.05, 4.69) is 21.6 Å². The summed E-state index contributed by atoms with van der Waals surface area (Å²) in [6, 6.07) is 5.76. The molecule has 0 bridgehead atoms. The molecule has 5 nitrogen and oxygen atoms in total. The van der Waals surface area contributed by atoms with Crippen LogP contribution in [0.1, 0.15) is 5.56 Å². The lowest BCUT2D eigenvalue weighted by Crippen LogP contribution is -2.49. The molecule has 0 saturated carbocycles. The number of benzene rings is 1. The van der Waals surface area contributed by atoms with Crippen molar-refractivity contribution in [2.75, 3.05) is 37.6 Å². The van der Waals surface area contributed by atoms with E-state index < -0.39 is 0 Å². The number of anilines is 1. The maximum Gasteiger partial charge on any atom is 0.231 e. The second-order valence-corrected chi connectivity index (χ2v) is 4.81. The smallest absolute Gasteiger partial charge is 0.231 e. The second-order valence-electron chi connectivity index (χ2n) is 4.81. The molecule has 1 fully saturated rings. The number of hydrogen-bond donors (Lipinski definition) is 1. The standard InChI is InChI=1S/C14H18N4O/c1-11-3-4-12(16-2)9-13(11)18-7-5-17(6-8-18)10-14(15)19/h3-4,9H,5-8,10H2,1H3,(H2,15,19). The first-order valence-electron chi connectivity index (χ1n) is 6.34. The Kier molecular flexibility index (Phi) is 4.03. The van der Waals surface area contributed by atoms with E-state index in [1.807, 2.05) is 18.2 Å². The third kappa shape index (κ3) is 3.24. The fourth-order valence-corrected chi connectivity index (χ4v) is 2.38. The van der Waals surface area contributed by atoms with Crippen LogP contribution in [0.3, 0.4) is 0 Å². The molecule has 19 heavy (non-hydrogen) atoms. The van der Waals surface area contributed by atoms with Gasteiger partial charge in [-0.15, -0.1) is 0 Å². The van der Waals surface area contributed by atoms with E-state index in [1.54, 1.807) is 0 Å². The van der Waals surface area contributed by atoms with Gasteiger partial charge in [-0.1, -0.05) is 12.1 Å². The fraction of sp³-hybridized carbons (Fsp3) is 0.429. The number of carbonyl (C=O) groups excluding carboxylic acids is 1. The molecule has 1 aromatic carbocycles. The number of nitrogens with two attached hydrogens (primary N) is 1. The van der Waals surface area contributed by atoms with Crippen molar-refractivity contribution >= 4 is 17.3 Å². The first-order valence-corrected chi connectivity index (χ1v) is 6.34. The highest BCUT2D eigenvalue weighted by atomic mass is 16.1. The molecule has 1 heterocycles. The molecule has 0 aliphatic carbocycles. The number of hydrogen-bond acceptors (Lipinski definition) is 3. The van der Waals surface area contributed by atoms with Gasteiger partial charge < -0.3 is 10.6 Å². The third-order valence-electron chi connectivity index (χ3n) is 3.41. The summed E-state index contributed by atoms with van der Waals surface area (Å²) in [5.74, 6) is -0.278. The molecule has 1 amide bonds. The monoisotopic (exact) mass is 258 g/mol. The maximum atomic E-state index is 10.9. The molecular weight excluding hydrogens is 240 g/mol. The highest BCUT2D eigenvalue weighted by molar-refractivity contribution is 5.76. The molecule has 1 aliphatic rings. The summed E-state index contributed by atoms with van der Waals surface area (Å²) in [5, 5.41) is 0. The lowest BCUT2D eigenvalue weighted by molar-refractivity contribution is -0.119. The average Bonchev–Trinajstić information content (AvgIpc) is 2.40. The first kappa shape index (κ1) is 13.4. The van der Waals surface area contributed by atoms with Gasteiger partial charge in [-0.2, -0.15) is 0 Å². The Balaban J connectivity index is 2.05. The Morgan fingerprint density at radius 2 is 2.05 bits per heavy atom. The van der Waals surface area contributed by atoms with Crippen LogP contribution in [0.15, 0.2) is 18.2 Å². The quantitative estimate of drug-likeness (QED) is 0.828. The van der Waals surface area contributed by atoms with Crippen molar-refractivity contribution in [3.63, 3.8) is 0 Å². The van der Waals surface area contributed by atoms with Crippen LogP contribution in [0.5, 0.6) is 0 Å². The van der Waals surface area contributed by atoms with Crippen molar-refractivity contribution in [3.05, 3.63) is 35.2 Å². The average molecular weight is 258 g/mol. The Morgan fingerprint density at radius 1 is 1.37 bits per heavy atom. The van der Waals surface area contributed by atoms with Gasteiger partial charge in [0.25, 0.3) is 0 Å². The SMILES string of the molecule is [C-]#[N+]c1ccc(C)c(N2CCN(CC(N)=O)CC2)c1. The number of carbonyl (C=O) groups is 1. The molecule has 1 aromatic rings. The molecule has 5 heteroatoms. The van der Waals surface area contributed by atoms with Gasteiger partial charge in [0.2, 0.25) is 5.91 Å². The van der Waals surface area contributed by atoms with Crippen molar-refractivity contribution < 1.29 is 4.79 Å². The van der Waals surface area contributed by atoms with Gasteiger partial charge in [0.05, 0.1) is 13.1 Å². The van der Waals surface area contributed by atoms with Gasteiger partial charge >= 0.3 is 0 Å². The normalized spacial score (nSPS) is 16.1. The summed E-state index contributed by atoms with van der Waals surface area (Å²) in [5.41, 5.74) is 8.16. The predicted octanol–water partition coefficient (Wildman–Crippen LogP) is 1.15. The number of nitrogens with zero attached hydrogens (tertiary/aromatic N) is 3. The lowest BCUT2D eigenvalue weighted by Gasteiger charge is -2.36. The van der Waals surface area contributed by atoms with Crippen LogP contribution < -0.4 is 10.6 Å². The molecule has 1 aliphatic heterocycles. The zero-order valence-electron chi connectivity index (χ0n) is 11.1. The van der Waals surface area contributed by atoms with Crippen LogP contribution in [-0.4, -0.2) is 43.5 Å². The number of aryl methyl sites for hydroxylation is 1. The van der Waals surface area contributed by atoms with E-state index in [-0.39, 0.29) is 5.91 Å². The molecule has 0 aromatic heterocycles. The molecule has 1 saturated heterocycles. The van der Waals surface area contributed by atoms with Crippen LogP contribution in [0, 0.1) is 13.5 Å². The third-order valence-corrected chi connectivity index (χ3v) is 3.41. The van der Waals surface area contributed by atoms with E-state index in [1.165, 1.54) is 5.56 Å². The van der Waals surface area contributed by atoms with Crippen LogP contribution in [0.2, 0.25) is 0 Å². The molecule has 100 valence electrons. The van der Waals surface area contributed by atoms with Crippen LogP contribution >= 0.6 is 0 Å². The minimum absolute atomic E-state index is 0.278. The van der Waals surface area contributed by atoms with Crippen LogP contribution in [-0.2, 0) is 4.79 Å². The number of rotatable bonds is 3. The van der Waals surface area contributed by atoms with Crippen molar-refractivity contribution in [1.29, 1.82) is 0 Å². The Hall–Kier alpha value is -2.06. The van der Waals surface area contributed by atoms with E-state index in [9.17, 15) is 4.79 Å². The Bertz CT molecular complexity index is 513. The van der Waals surface area contributed by atoms with Crippen LogP contribution in [0.25, 0.3) is 4.85 Å².